The summed E-state index contributed by atoms with van der Waals surface area (Å²) in [4.78, 5) is -0.211. The van der Waals surface area contributed by atoms with Crippen LogP contribution in [0, 0.1) is 11.6 Å². The number of rotatable bonds is 7. The second kappa shape index (κ2) is 8.48. The van der Waals surface area contributed by atoms with Gasteiger partial charge in [-0.3, -0.25) is 4.31 Å². The van der Waals surface area contributed by atoms with Crippen molar-refractivity contribution < 1.29 is 26.7 Å². The molecule has 0 fully saturated rings. The van der Waals surface area contributed by atoms with Gasteiger partial charge < -0.3 is 9.47 Å². The monoisotopic (exact) mass is 419 g/mol. The maximum atomic E-state index is 13.7. The van der Waals surface area contributed by atoms with Crippen molar-refractivity contribution >= 4 is 15.7 Å². The first kappa shape index (κ1) is 20.6. The molecule has 0 amide bonds. The van der Waals surface area contributed by atoms with E-state index in [0.29, 0.717) is 17.1 Å². The Morgan fingerprint density at radius 3 is 2.00 bits per heavy atom. The molecule has 3 aromatic rings. The molecule has 3 aromatic carbocycles. The van der Waals surface area contributed by atoms with Crippen LogP contribution in [-0.2, 0) is 16.6 Å². The zero-order valence-corrected chi connectivity index (χ0v) is 16.6. The quantitative estimate of drug-likeness (QED) is 0.570. The van der Waals surface area contributed by atoms with Crippen LogP contribution in [0.4, 0.5) is 14.5 Å². The van der Waals surface area contributed by atoms with E-state index in [1.54, 1.807) is 18.2 Å². The molecule has 0 aliphatic heterocycles. The number of hydrogen-bond donors (Lipinski definition) is 0. The van der Waals surface area contributed by atoms with Crippen LogP contribution in [0.15, 0.2) is 71.6 Å². The van der Waals surface area contributed by atoms with Gasteiger partial charge in [0.25, 0.3) is 10.0 Å². The molecule has 0 saturated heterocycles. The number of methoxy groups -OCH3 is 2. The van der Waals surface area contributed by atoms with Crippen molar-refractivity contribution in [3.8, 4) is 11.5 Å². The summed E-state index contributed by atoms with van der Waals surface area (Å²) < 4.78 is 65.2. The zero-order chi connectivity index (χ0) is 21.0. The molecule has 29 heavy (non-hydrogen) atoms. The third-order valence-electron chi connectivity index (χ3n) is 4.24. The number of hydrogen-bond acceptors (Lipinski definition) is 4. The third kappa shape index (κ3) is 4.65. The molecule has 152 valence electrons. The lowest BCUT2D eigenvalue weighted by atomic mass is 10.2. The zero-order valence-electron chi connectivity index (χ0n) is 15.8. The van der Waals surface area contributed by atoms with E-state index < -0.39 is 21.7 Å². The van der Waals surface area contributed by atoms with Gasteiger partial charge >= 0.3 is 0 Å². The van der Waals surface area contributed by atoms with Crippen LogP contribution in [0.3, 0.4) is 0 Å². The Balaban J connectivity index is 2.10. The number of anilines is 1. The minimum atomic E-state index is -4.14. The topological polar surface area (TPSA) is 55.8 Å². The van der Waals surface area contributed by atoms with Crippen LogP contribution in [0.25, 0.3) is 0 Å². The number of benzene rings is 3. The molecule has 8 heteroatoms. The second-order valence-corrected chi connectivity index (χ2v) is 8.03. The summed E-state index contributed by atoms with van der Waals surface area (Å²) in [6.07, 6.45) is 0. The smallest absolute Gasteiger partial charge is 0.264 e. The molecule has 0 radical (unpaired) electrons. The SMILES string of the molecule is COc1cc(CN(c2ccc(F)cc2)S(=O)(=O)c2cccc(F)c2)cc(OC)c1. The van der Waals surface area contributed by atoms with Crippen LogP contribution in [0.5, 0.6) is 11.5 Å². The van der Waals surface area contributed by atoms with Crippen molar-refractivity contribution in [2.75, 3.05) is 18.5 Å². The van der Waals surface area contributed by atoms with E-state index in [1.807, 2.05) is 0 Å². The van der Waals surface area contributed by atoms with Crippen LogP contribution in [0.2, 0.25) is 0 Å². The first-order valence-electron chi connectivity index (χ1n) is 8.59. The Bertz CT molecular complexity index is 1080. The molecular weight excluding hydrogens is 400 g/mol. The summed E-state index contributed by atoms with van der Waals surface area (Å²) in [5.41, 5.74) is 0.808. The summed E-state index contributed by atoms with van der Waals surface area (Å²) in [6, 6.07) is 14.7. The van der Waals surface area contributed by atoms with Gasteiger partial charge in [-0.25, -0.2) is 17.2 Å². The minimum Gasteiger partial charge on any atom is -0.497 e. The maximum absolute atomic E-state index is 13.7. The Hall–Kier alpha value is -3.13. The highest BCUT2D eigenvalue weighted by molar-refractivity contribution is 7.92. The number of ether oxygens (including phenoxy) is 2. The van der Waals surface area contributed by atoms with Crippen molar-refractivity contribution in [3.63, 3.8) is 0 Å². The molecular formula is C21H19F2NO4S. The molecule has 0 heterocycles. The second-order valence-electron chi connectivity index (χ2n) is 6.17. The molecule has 0 unspecified atom stereocenters. The summed E-state index contributed by atoms with van der Waals surface area (Å²) in [5.74, 6) is -0.198. The fourth-order valence-corrected chi connectivity index (χ4v) is 4.29. The van der Waals surface area contributed by atoms with Crippen LogP contribution >= 0.6 is 0 Å². The van der Waals surface area contributed by atoms with Gasteiger partial charge in [0, 0.05) is 6.07 Å². The highest BCUT2D eigenvalue weighted by Crippen LogP contribution is 2.29. The maximum Gasteiger partial charge on any atom is 0.264 e. The van der Waals surface area contributed by atoms with Gasteiger partial charge in [-0.2, -0.15) is 0 Å². The van der Waals surface area contributed by atoms with Gasteiger partial charge in [-0.1, -0.05) is 6.07 Å². The summed E-state index contributed by atoms with van der Waals surface area (Å²) in [6.45, 7) is -0.0992. The molecule has 0 aliphatic carbocycles. The van der Waals surface area contributed by atoms with Crippen LogP contribution < -0.4 is 13.8 Å². The van der Waals surface area contributed by atoms with E-state index in [4.69, 9.17) is 9.47 Å². The van der Waals surface area contributed by atoms with Crippen molar-refractivity contribution in [2.45, 2.75) is 11.4 Å². The fraction of sp³-hybridized carbons (Fsp3) is 0.143. The van der Waals surface area contributed by atoms with Crippen molar-refractivity contribution in [2.24, 2.45) is 0 Å². The van der Waals surface area contributed by atoms with Gasteiger partial charge in [0.05, 0.1) is 31.3 Å². The fourth-order valence-electron chi connectivity index (χ4n) is 2.80. The van der Waals surface area contributed by atoms with Gasteiger partial charge in [-0.15, -0.1) is 0 Å². The lowest BCUT2D eigenvalue weighted by Gasteiger charge is -2.25. The number of nitrogens with zero attached hydrogens (tertiary/aromatic N) is 1. The Morgan fingerprint density at radius 1 is 0.828 bits per heavy atom. The number of sulfonamides is 1. The highest BCUT2D eigenvalue weighted by atomic mass is 32.2. The third-order valence-corrected chi connectivity index (χ3v) is 6.01. The lowest BCUT2D eigenvalue weighted by molar-refractivity contribution is 0.393. The highest BCUT2D eigenvalue weighted by Gasteiger charge is 2.26. The normalized spacial score (nSPS) is 11.2. The molecule has 0 N–H and O–H groups in total. The molecule has 0 aromatic heterocycles. The lowest BCUT2D eigenvalue weighted by Crippen LogP contribution is -2.30. The standard InChI is InChI=1S/C21H19F2NO4S/c1-27-19-10-15(11-20(13-19)28-2)14-24(18-8-6-16(22)7-9-18)29(25,26)21-5-3-4-17(23)12-21/h3-13H,14H2,1-2H3. The Morgan fingerprint density at radius 2 is 1.45 bits per heavy atom. The van der Waals surface area contributed by atoms with Crippen LogP contribution in [0.1, 0.15) is 5.56 Å². The van der Waals surface area contributed by atoms with Crippen molar-refractivity contribution in [1.82, 2.24) is 0 Å². The van der Waals surface area contributed by atoms with Crippen molar-refractivity contribution in [1.29, 1.82) is 0 Å². The average molecular weight is 419 g/mol. The minimum absolute atomic E-state index is 0.0992. The van der Waals surface area contributed by atoms with Gasteiger partial charge in [0.15, 0.2) is 0 Å². The summed E-state index contributed by atoms with van der Waals surface area (Å²) >= 11 is 0. The predicted octanol–water partition coefficient (Wildman–Crippen LogP) is 4.38. The molecule has 5 nitrogen and oxygen atoms in total. The molecule has 0 atom stereocenters. The van der Waals surface area contributed by atoms with Gasteiger partial charge in [-0.05, 0) is 60.2 Å². The van der Waals surface area contributed by atoms with E-state index in [2.05, 4.69) is 0 Å². The Kier molecular flexibility index (Phi) is 6.03. The summed E-state index contributed by atoms with van der Waals surface area (Å²) in [7, 11) is -1.17. The largest absolute Gasteiger partial charge is 0.497 e. The van der Waals surface area contributed by atoms with Crippen LogP contribution in [-0.4, -0.2) is 22.6 Å². The molecule has 0 saturated carbocycles. The first-order chi connectivity index (χ1) is 13.8. The molecule has 0 spiro atoms. The molecule has 0 aliphatic rings. The summed E-state index contributed by atoms with van der Waals surface area (Å²) in [5, 5.41) is 0. The molecule has 3 rings (SSSR count). The number of halogens is 2. The van der Waals surface area contributed by atoms with E-state index in [0.717, 1.165) is 28.6 Å². The average Bonchev–Trinajstić information content (AvgIpc) is 2.72. The van der Waals surface area contributed by atoms with E-state index >= 15 is 0 Å². The van der Waals surface area contributed by atoms with Crippen molar-refractivity contribution in [3.05, 3.63) is 83.9 Å². The van der Waals surface area contributed by atoms with E-state index in [1.165, 1.54) is 38.5 Å². The Labute approximate surface area is 168 Å². The first-order valence-corrected chi connectivity index (χ1v) is 10.0. The molecule has 0 bridgehead atoms. The van der Waals surface area contributed by atoms with E-state index in [-0.39, 0.29) is 17.1 Å². The van der Waals surface area contributed by atoms with Gasteiger partial charge in [0.2, 0.25) is 0 Å². The van der Waals surface area contributed by atoms with Gasteiger partial charge in [0.1, 0.15) is 23.1 Å². The predicted molar refractivity (Wildman–Crippen MR) is 106 cm³/mol. The van der Waals surface area contributed by atoms with E-state index in [9.17, 15) is 17.2 Å².